The lowest BCUT2D eigenvalue weighted by atomic mass is 10.0. The third kappa shape index (κ3) is 2.21. The molecule has 0 atom stereocenters. The average molecular weight is 311 g/mol. The van der Waals surface area contributed by atoms with E-state index in [9.17, 15) is 8.42 Å². The quantitative estimate of drug-likeness (QED) is 0.811. The van der Waals surface area contributed by atoms with Gasteiger partial charge in [0.05, 0.1) is 12.1 Å². The van der Waals surface area contributed by atoms with Gasteiger partial charge in [0.2, 0.25) is 0 Å². The Morgan fingerprint density at radius 3 is 2.73 bits per heavy atom. The van der Waals surface area contributed by atoms with E-state index in [1.54, 1.807) is 17.4 Å². The van der Waals surface area contributed by atoms with Crippen LogP contribution in [0.5, 0.6) is 0 Å². The molecule has 0 spiro atoms. The van der Waals surface area contributed by atoms with E-state index < -0.39 is 10.0 Å². The molecular weight excluding hydrogens is 298 g/mol. The molecular formula is C16H13N3O2S. The monoisotopic (exact) mass is 311 g/mol. The molecule has 2 aliphatic rings. The first kappa shape index (κ1) is 13.2. The minimum absolute atomic E-state index is 0.0213. The van der Waals surface area contributed by atoms with E-state index in [0.717, 1.165) is 21.9 Å². The Morgan fingerprint density at radius 2 is 1.86 bits per heavy atom. The van der Waals surface area contributed by atoms with E-state index in [0.29, 0.717) is 12.4 Å². The van der Waals surface area contributed by atoms with Gasteiger partial charge >= 0.3 is 0 Å². The summed E-state index contributed by atoms with van der Waals surface area (Å²) in [4.78, 5) is 5.99. The summed E-state index contributed by atoms with van der Waals surface area (Å²) in [5.41, 5.74) is 1.65. The fourth-order valence-corrected chi connectivity index (χ4v) is 3.66. The van der Waals surface area contributed by atoms with Gasteiger partial charge in [0.1, 0.15) is 0 Å². The van der Waals surface area contributed by atoms with Crippen molar-refractivity contribution in [2.45, 2.75) is 0 Å². The molecule has 22 heavy (non-hydrogen) atoms. The first-order valence-electron chi connectivity index (χ1n) is 6.95. The highest BCUT2D eigenvalue weighted by molar-refractivity contribution is 7.90. The summed E-state index contributed by atoms with van der Waals surface area (Å²) < 4.78 is 27.5. The van der Waals surface area contributed by atoms with Crippen molar-refractivity contribution in [2.24, 2.45) is 9.39 Å². The van der Waals surface area contributed by atoms with Crippen LogP contribution < -0.4 is 0 Å². The zero-order chi connectivity index (χ0) is 15.2. The molecule has 6 heteroatoms. The van der Waals surface area contributed by atoms with Gasteiger partial charge in [0.15, 0.2) is 5.84 Å². The summed E-state index contributed by atoms with van der Waals surface area (Å²) in [5, 5.41) is 2.24. The van der Waals surface area contributed by atoms with E-state index in [4.69, 9.17) is 0 Å². The number of hydrogen-bond donors (Lipinski definition) is 0. The normalized spacial score (nSPS) is 19.5. The number of hydrogen-bond acceptors (Lipinski definition) is 4. The van der Waals surface area contributed by atoms with Crippen LogP contribution in [0.25, 0.3) is 16.3 Å². The van der Waals surface area contributed by atoms with Gasteiger partial charge in [-0.3, -0.25) is 0 Å². The Kier molecular flexibility index (Phi) is 2.87. The fraction of sp³-hybridized carbons (Fsp3) is 0.125. The van der Waals surface area contributed by atoms with Crippen LogP contribution >= 0.6 is 0 Å². The summed E-state index contributed by atoms with van der Waals surface area (Å²) in [6.45, 7) is 0.385. The topological polar surface area (TPSA) is 62.1 Å². The molecule has 0 bridgehead atoms. The lowest BCUT2D eigenvalue weighted by Crippen LogP contribution is -2.40. The molecule has 0 fully saturated rings. The van der Waals surface area contributed by atoms with Gasteiger partial charge in [-0.1, -0.05) is 36.4 Å². The largest absolute Gasteiger partial charge is 0.315 e. The van der Waals surface area contributed by atoms with Crippen LogP contribution in [0.2, 0.25) is 0 Å². The van der Waals surface area contributed by atoms with Gasteiger partial charge in [-0.05, 0) is 22.4 Å². The molecule has 2 aliphatic heterocycles. The Bertz CT molecular complexity index is 958. The lowest BCUT2D eigenvalue weighted by Gasteiger charge is -2.28. The standard InChI is InChI=1S/C16H13N3O2S/c20-22(21)8-7-19-11-17-10-15(16(19)18-22)14-6-5-12-3-1-2-4-13(12)9-14/h1-6,9-11H,7-8H2. The molecule has 5 nitrogen and oxygen atoms in total. The maximum atomic E-state index is 11.8. The summed E-state index contributed by atoms with van der Waals surface area (Å²) in [7, 11) is -3.39. The maximum absolute atomic E-state index is 11.8. The third-order valence-corrected chi connectivity index (χ3v) is 4.95. The Balaban J connectivity index is 1.87. The first-order valence-corrected chi connectivity index (χ1v) is 8.56. The summed E-state index contributed by atoms with van der Waals surface area (Å²) in [6.07, 6.45) is 3.29. The molecule has 2 heterocycles. The van der Waals surface area contributed by atoms with Crippen molar-refractivity contribution in [3.63, 3.8) is 0 Å². The smallest absolute Gasteiger partial charge is 0.256 e. The number of aliphatic imine (C=N–C) groups is 1. The van der Waals surface area contributed by atoms with E-state index in [-0.39, 0.29) is 5.75 Å². The highest BCUT2D eigenvalue weighted by Crippen LogP contribution is 2.26. The molecule has 0 saturated heterocycles. The van der Waals surface area contributed by atoms with Crippen molar-refractivity contribution < 1.29 is 8.42 Å². The predicted molar refractivity (Wildman–Crippen MR) is 88.3 cm³/mol. The molecule has 0 radical (unpaired) electrons. The Hall–Kier alpha value is -2.47. The Morgan fingerprint density at radius 1 is 1.05 bits per heavy atom. The van der Waals surface area contributed by atoms with Crippen LogP contribution in [-0.2, 0) is 10.0 Å². The summed E-state index contributed by atoms with van der Waals surface area (Å²) in [5.74, 6) is 0.476. The van der Waals surface area contributed by atoms with Gasteiger partial charge < -0.3 is 4.90 Å². The minimum atomic E-state index is -3.39. The number of nitrogens with zero attached hydrogens (tertiary/aromatic N) is 3. The predicted octanol–water partition coefficient (Wildman–Crippen LogP) is 2.27. The second-order valence-corrected chi connectivity index (χ2v) is 7.02. The van der Waals surface area contributed by atoms with Crippen molar-refractivity contribution in [1.29, 1.82) is 0 Å². The first-order chi connectivity index (χ1) is 10.6. The number of rotatable bonds is 1. The third-order valence-electron chi connectivity index (χ3n) is 3.80. The summed E-state index contributed by atoms with van der Waals surface area (Å²) in [6, 6.07) is 14.1. The van der Waals surface area contributed by atoms with E-state index in [2.05, 4.69) is 9.39 Å². The van der Waals surface area contributed by atoms with Crippen LogP contribution in [0.1, 0.15) is 5.56 Å². The molecule has 2 aromatic carbocycles. The molecule has 0 unspecified atom stereocenters. The number of amidine groups is 1. The van der Waals surface area contributed by atoms with Gasteiger partial charge in [-0.25, -0.2) is 13.4 Å². The summed E-state index contributed by atoms with van der Waals surface area (Å²) >= 11 is 0. The van der Waals surface area contributed by atoms with E-state index in [1.807, 2.05) is 42.5 Å². The van der Waals surface area contributed by atoms with Crippen LogP contribution in [0, 0.1) is 0 Å². The molecule has 0 aromatic heterocycles. The van der Waals surface area contributed by atoms with Gasteiger partial charge in [-0.15, -0.1) is 4.40 Å². The van der Waals surface area contributed by atoms with Crippen molar-refractivity contribution in [3.05, 3.63) is 54.2 Å². The molecule has 0 saturated carbocycles. The van der Waals surface area contributed by atoms with Gasteiger partial charge in [0.25, 0.3) is 10.0 Å². The molecule has 0 amide bonds. The maximum Gasteiger partial charge on any atom is 0.256 e. The SMILES string of the molecule is O=S1(=O)CCN2C=NC=C(c3ccc4ccccc4c3)C2=N1. The Labute approximate surface area is 128 Å². The van der Waals surface area contributed by atoms with E-state index in [1.165, 1.54) is 0 Å². The second-order valence-electron chi connectivity index (χ2n) is 5.26. The highest BCUT2D eigenvalue weighted by Gasteiger charge is 2.28. The molecule has 4 rings (SSSR count). The van der Waals surface area contributed by atoms with Crippen LogP contribution in [0.4, 0.5) is 0 Å². The van der Waals surface area contributed by atoms with Gasteiger partial charge in [0, 0.05) is 18.3 Å². The van der Waals surface area contributed by atoms with Gasteiger partial charge in [-0.2, -0.15) is 0 Å². The number of sulfonamides is 1. The highest BCUT2D eigenvalue weighted by atomic mass is 32.2. The van der Waals surface area contributed by atoms with Crippen LogP contribution in [0.3, 0.4) is 0 Å². The number of fused-ring (bicyclic) bond motifs is 2. The second kappa shape index (κ2) is 4.78. The van der Waals surface area contributed by atoms with Crippen LogP contribution in [0.15, 0.2) is 58.1 Å². The fourth-order valence-electron chi connectivity index (χ4n) is 2.67. The zero-order valence-corrected chi connectivity index (χ0v) is 12.5. The minimum Gasteiger partial charge on any atom is -0.315 e. The van der Waals surface area contributed by atoms with Crippen molar-refractivity contribution in [2.75, 3.05) is 12.3 Å². The number of benzene rings is 2. The lowest BCUT2D eigenvalue weighted by molar-refractivity contribution is 0.574. The molecule has 0 N–H and O–H groups in total. The van der Waals surface area contributed by atoms with Crippen molar-refractivity contribution in [3.8, 4) is 0 Å². The van der Waals surface area contributed by atoms with Crippen molar-refractivity contribution >= 4 is 38.5 Å². The molecule has 110 valence electrons. The van der Waals surface area contributed by atoms with E-state index >= 15 is 0 Å². The molecule has 0 aliphatic carbocycles. The van der Waals surface area contributed by atoms with Crippen LogP contribution in [-0.4, -0.2) is 37.8 Å². The zero-order valence-electron chi connectivity index (χ0n) is 11.7. The van der Waals surface area contributed by atoms with Crippen molar-refractivity contribution in [1.82, 2.24) is 4.90 Å². The molecule has 2 aromatic rings. The average Bonchev–Trinajstić information content (AvgIpc) is 2.53.